The van der Waals surface area contributed by atoms with E-state index in [-0.39, 0.29) is 0 Å². The van der Waals surface area contributed by atoms with Gasteiger partial charge in [-0.3, -0.25) is 14.6 Å². The quantitative estimate of drug-likeness (QED) is 0.617. The highest BCUT2D eigenvalue weighted by molar-refractivity contribution is 5.79. The maximum atomic E-state index is 4.39. The van der Waals surface area contributed by atoms with Crippen LogP contribution in [-0.4, -0.2) is 59.3 Å². The number of aromatic nitrogens is 2. The van der Waals surface area contributed by atoms with Crippen molar-refractivity contribution in [3.63, 3.8) is 0 Å². The lowest BCUT2D eigenvalue weighted by Crippen LogP contribution is -2.45. The maximum absolute atomic E-state index is 4.39. The Kier molecular flexibility index (Phi) is 7.01. The molecule has 0 amide bonds. The number of aryl methyl sites for hydroxylation is 1. The minimum atomic E-state index is 0.392. The van der Waals surface area contributed by atoms with Gasteiger partial charge < -0.3 is 10.2 Å². The van der Waals surface area contributed by atoms with Crippen molar-refractivity contribution in [3.8, 4) is 0 Å². The van der Waals surface area contributed by atoms with E-state index in [1.54, 1.807) is 0 Å². The Balaban J connectivity index is 1.82. The van der Waals surface area contributed by atoms with Crippen LogP contribution in [-0.2, 0) is 20.1 Å². The molecule has 0 fully saturated rings. The standard InChI is InChI=1S/C19H30N6/c1-16(23(3)13-17-9-7-6-8-10-17)11-21-19(20-2)24(4)14-18-12-22-25(5)15-18/h6-10,12,15-16H,11,13-14H2,1-5H3,(H,20,21). The molecule has 1 heterocycles. The van der Waals surface area contributed by atoms with E-state index in [2.05, 4.69) is 69.5 Å². The third-order valence-corrected chi connectivity index (χ3v) is 4.33. The molecular weight excluding hydrogens is 312 g/mol. The molecule has 1 aromatic heterocycles. The average Bonchev–Trinajstić information content (AvgIpc) is 3.00. The summed E-state index contributed by atoms with van der Waals surface area (Å²) in [5, 5.41) is 7.68. The molecule has 0 aliphatic rings. The number of benzene rings is 1. The first kappa shape index (κ1) is 19.0. The topological polar surface area (TPSA) is 48.7 Å². The Morgan fingerprint density at radius 1 is 1.20 bits per heavy atom. The normalized spacial score (nSPS) is 13.1. The smallest absolute Gasteiger partial charge is 0.193 e. The van der Waals surface area contributed by atoms with Gasteiger partial charge in [0.1, 0.15) is 0 Å². The molecule has 1 atom stereocenters. The van der Waals surface area contributed by atoms with Gasteiger partial charge in [-0.05, 0) is 19.5 Å². The van der Waals surface area contributed by atoms with Crippen LogP contribution in [0.1, 0.15) is 18.1 Å². The molecule has 0 spiro atoms. The summed E-state index contributed by atoms with van der Waals surface area (Å²) in [5.41, 5.74) is 2.50. The van der Waals surface area contributed by atoms with E-state index in [1.807, 2.05) is 38.2 Å². The Hall–Kier alpha value is -2.34. The summed E-state index contributed by atoms with van der Waals surface area (Å²) in [6.07, 6.45) is 3.92. The highest BCUT2D eigenvalue weighted by Gasteiger charge is 2.13. The highest BCUT2D eigenvalue weighted by atomic mass is 15.3. The van der Waals surface area contributed by atoms with Crippen LogP contribution < -0.4 is 5.32 Å². The van der Waals surface area contributed by atoms with E-state index >= 15 is 0 Å². The van der Waals surface area contributed by atoms with Crippen molar-refractivity contribution < 1.29 is 0 Å². The van der Waals surface area contributed by atoms with Crippen LogP contribution in [0.5, 0.6) is 0 Å². The molecule has 136 valence electrons. The third-order valence-electron chi connectivity index (χ3n) is 4.33. The van der Waals surface area contributed by atoms with E-state index in [0.717, 1.165) is 25.6 Å². The van der Waals surface area contributed by atoms with Crippen LogP contribution in [0.15, 0.2) is 47.7 Å². The van der Waals surface area contributed by atoms with Crippen molar-refractivity contribution in [2.24, 2.45) is 12.0 Å². The first-order valence-electron chi connectivity index (χ1n) is 8.63. The maximum Gasteiger partial charge on any atom is 0.193 e. The van der Waals surface area contributed by atoms with Gasteiger partial charge in [0.15, 0.2) is 5.96 Å². The number of nitrogens with zero attached hydrogens (tertiary/aromatic N) is 5. The van der Waals surface area contributed by atoms with Gasteiger partial charge in [-0.15, -0.1) is 0 Å². The number of hydrogen-bond acceptors (Lipinski definition) is 3. The second-order valence-corrected chi connectivity index (χ2v) is 6.56. The van der Waals surface area contributed by atoms with Crippen molar-refractivity contribution in [2.75, 3.05) is 27.7 Å². The van der Waals surface area contributed by atoms with E-state index in [1.165, 1.54) is 11.1 Å². The lowest BCUT2D eigenvalue weighted by molar-refractivity contribution is 0.247. The third kappa shape index (κ3) is 5.90. The molecule has 1 unspecified atom stereocenters. The summed E-state index contributed by atoms with van der Waals surface area (Å²) >= 11 is 0. The summed E-state index contributed by atoms with van der Waals surface area (Å²) in [4.78, 5) is 8.85. The van der Waals surface area contributed by atoms with Crippen molar-refractivity contribution >= 4 is 5.96 Å². The van der Waals surface area contributed by atoms with E-state index in [4.69, 9.17) is 0 Å². The summed E-state index contributed by atoms with van der Waals surface area (Å²) in [7, 11) is 7.95. The summed E-state index contributed by atoms with van der Waals surface area (Å²) in [6.45, 7) is 4.79. The zero-order chi connectivity index (χ0) is 18.2. The Labute approximate surface area is 151 Å². The van der Waals surface area contributed by atoms with Gasteiger partial charge in [0.2, 0.25) is 0 Å². The lowest BCUT2D eigenvalue weighted by atomic mass is 10.2. The molecule has 0 saturated carbocycles. The Bertz CT molecular complexity index is 664. The fourth-order valence-electron chi connectivity index (χ4n) is 2.71. The van der Waals surface area contributed by atoms with Crippen molar-refractivity contribution in [1.29, 1.82) is 0 Å². The minimum Gasteiger partial charge on any atom is -0.355 e. The summed E-state index contributed by atoms with van der Waals surface area (Å²) < 4.78 is 1.82. The molecule has 25 heavy (non-hydrogen) atoms. The summed E-state index contributed by atoms with van der Waals surface area (Å²) in [6, 6.07) is 10.9. The number of aliphatic imine (C=N–C) groups is 1. The molecule has 1 N–H and O–H groups in total. The highest BCUT2D eigenvalue weighted by Crippen LogP contribution is 2.06. The number of nitrogens with one attached hydrogen (secondary N) is 1. The first-order chi connectivity index (χ1) is 12.0. The predicted octanol–water partition coefficient (Wildman–Crippen LogP) is 1.95. The Morgan fingerprint density at radius 3 is 2.52 bits per heavy atom. The zero-order valence-corrected chi connectivity index (χ0v) is 16.0. The second-order valence-electron chi connectivity index (χ2n) is 6.56. The average molecular weight is 342 g/mol. The largest absolute Gasteiger partial charge is 0.355 e. The number of hydrogen-bond donors (Lipinski definition) is 1. The number of rotatable bonds is 7. The van der Waals surface area contributed by atoms with Gasteiger partial charge in [0, 0.05) is 58.6 Å². The van der Waals surface area contributed by atoms with Gasteiger partial charge >= 0.3 is 0 Å². The fraction of sp³-hybridized carbons (Fsp3) is 0.474. The van der Waals surface area contributed by atoms with Crippen molar-refractivity contribution in [2.45, 2.75) is 26.1 Å². The van der Waals surface area contributed by atoms with Crippen molar-refractivity contribution in [1.82, 2.24) is 24.9 Å². The van der Waals surface area contributed by atoms with Gasteiger partial charge in [-0.2, -0.15) is 5.10 Å². The van der Waals surface area contributed by atoms with Crippen LogP contribution in [0.4, 0.5) is 0 Å². The fourth-order valence-corrected chi connectivity index (χ4v) is 2.71. The van der Waals surface area contributed by atoms with Crippen LogP contribution in [0.2, 0.25) is 0 Å². The molecule has 6 heteroatoms. The molecule has 2 rings (SSSR count). The second kappa shape index (κ2) is 9.22. The van der Waals surface area contributed by atoms with Crippen LogP contribution in [0, 0.1) is 0 Å². The monoisotopic (exact) mass is 342 g/mol. The molecule has 0 radical (unpaired) electrons. The molecule has 0 aliphatic carbocycles. The molecular formula is C19H30N6. The first-order valence-corrected chi connectivity index (χ1v) is 8.63. The van der Waals surface area contributed by atoms with Gasteiger partial charge in [-0.1, -0.05) is 30.3 Å². The molecule has 0 bridgehead atoms. The Morgan fingerprint density at radius 2 is 1.92 bits per heavy atom. The van der Waals surface area contributed by atoms with E-state index in [9.17, 15) is 0 Å². The SMILES string of the molecule is CN=C(NCC(C)N(C)Cc1ccccc1)N(C)Cc1cnn(C)c1. The van der Waals surface area contributed by atoms with Crippen LogP contribution in [0.3, 0.4) is 0 Å². The van der Waals surface area contributed by atoms with Crippen molar-refractivity contribution in [3.05, 3.63) is 53.9 Å². The molecule has 0 aliphatic heterocycles. The van der Waals surface area contributed by atoms with Gasteiger partial charge in [0.25, 0.3) is 0 Å². The van der Waals surface area contributed by atoms with E-state index in [0.29, 0.717) is 6.04 Å². The van der Waals surface area contributed by atoms with Crippen LogP contribution in [0.25, 0.3) is 0 Å². The lowest BCUT2D eigenvalue weighted by Gasteiger charge is -2.28. The van der Waals surface area contributed by atoms with Crippen LogP contribution >= 0.6 is 0 Å². The molecule has 1 aromatic carbocycles. The number of likely N-dealkylation sites (N-methyl/N-ethyl adjacent to an activating group) is 1. The minimum absolute atomic E-state index is 0.392. The molecule has 0 saturated heterocycles. The predicted molar refractivity (Wildman–Crippen MR) is 103 cm³/mol. The molecule has 2 aromatic rings. The van der Waals surface area contributed by atoms with E-state index < -0.39 is 0 Å². The zero-order valence-electron chi connectivity index (χ0n) is 16.0. The van der Waals surface area contributed by atoms with Gasteiger partial charge in [0.05, 0.1) is 6.20 Å². The molecule has 6 nitrogen and oxygen atoms in total. The number of guanidine groups is 1. The van der Waals surface area contributed by atoms with Gasteiger partial charge in [-0.25, -0.2) is 0 Å². The summed E-state index contributed by atoms with van der Waals surface area (Å²) in [5.74, 6) is 0.892.